The van der Waals surface area contributed by atoms with Crippen molar-refractivity contribution >= 4 is 44.9 Å². The lowest BCUT2D eigenvalue weighted by Crippen LogP contribution is -2.03. The number of nitrogens with one attached hydrogen (secondary N) is 2. The summed E-state index contributed by atoms with van der Waals surface area (Å²) in [7, 11) is 0. The summed E-state index contributed by atoms with van der Waals surface area (Å²) in [6.45, 7) is 0.602. The first-order chi connectivity index (χ1) is 11.2. The maximum atomic E-state index is 6.16. The Kier molecular flexibility index (Phi) is 5.10. The Balaban J connectivity index is 1.70. The summed E-state index contributed by atoms with van der Waals surface area (Å²) in [5.74, 6) is 1.45. The molecule has 3 rings (SSSR count). The zero-order valence-electron chi connectivity index (χ0n) is 12.1. The van der Waals surface area contributed by atoms with Crippen molar-refractivity contribution in [2.24, 2.45) is 0 Å². The Bertz CT molecular complexity index is 810. The first-order valence-electron chi connectivity index (χ1n) is 7.03. The van der Waals surface area contributed by atoms with Gasteiger partial charge in [-0.2, -0.15) is 0 Å². The van der Waals surface area contributed by atoms with E-state index in [0.29, 0.717) is 12.4 Å². The second kappa shape index (κ2) is 7.44. The second-order valence-corrected chi connectivity index (χ2v) is 6.10. The van der Waals surface area contributed by atoms with Crippen LogP contribution in [0.15, 0.2) is 65.4 Å². The molecule has 0 aliphatic rings. The molecule has 0 saturated carbocycles. The largest absolute Gasteiger partial charge is 0.366 e. The number of halogens is 2. The monoisotopic (exact) mass is 388 g/mol. The van der Waals surface area contributed by atoms with Crippen LogP contribution in [0.1, 0.15) is 5.56 Å². The average molecular weight is 390 g/mol. The molecular weight excluding hydrogens is 376 g/mol. The molecule has 1 heterocycles. The van der Waals surface area contributed by atoms with Crippen molar-refractivity contribution < 1.29 is 0 Å². The lowest BCUT2D eigenvalue weighted by molar-refractivity contribution is 1.08. The normalized spacial score (nSPS) is 10.3. The molecule has 2 aromatic carbocycles. The van der Waals surface area contributed by atoms with E-state index in [1.165, 1.54) is 6.33 Å². The molecule has 23 heavy (non-hydrogen) atoms. The third-order valence-electron chi connectivity index (χ3n) is 3.22. The van der Waals surface area contributed by atoms with Crippen molar-refractivity contribution in [2.75, 3.05) is 10.6 Å². The van der Waals surface area contributed by atoms with Crippen LogP contribution in [-0.2, 0) is 6.54 Å². The molecule has 0 spiro atoms. The summed E-state index contributed by atoms with van der Waals surface area (Å²) in [5.41, 5.74) is 1.97. The quantitative estimate of drug-likeness (QED) is 0.626. The molecule has 116 valence electrons. The van der Waals surface area contributed by atoms with Crippen LogP contribution in [0.25, 0.3) is 0 Å². The van der Waals surface area contributed by atoms with Crippen molar-refractivity contribution in [3.05, 3.63) is 76.0 Å². The van der Waals surface area contributed by atoms with Gasteiger partial charge in [-0.1, -0.05) is 41.9 Å². The van der Waals surface area contributed by atoms with Crippen molar-refractivity contribution in [2.45, 2.75) is 6.54 Å². The minimum absolute atomic E-state index is 0.602. The van der Waals surface area contributed by atoms with Gasteiger partial charge in [-0.25, -0.2) is 9.97 Å². The van der Waals surface area contributed by atoms with Gasteiger partial charge in [0.25, 0.3) is 0 Å². The van der Waals surface area contributed by atoms with Crippen LogP contribution in [-0.4, -0.2) is 9.97 Å². The van der Waals surface area contributed by atoms with Gasteiger partial charge in [-0.3, -0.25) is 0 Å². The number of hydrogen-bond donors (Lipinski definition) is 2. The molecule has 1 aromatic heterocycles. The van der Waals surface area contributed by atoms with Gasteiger partial charge in [0.2, 0.25) is 0 Å². The van der Waals surface area contributed by atoms with E-state index in [4.69, 9.17) is 11.6 Å². The number of aromatic nitrogens is 2. The molecule has 6 heteroatoms. The molecule has 3 aromatic rings. The van der Waals surface area contributed by atoms with E-state index in [1.807, 2.05) is 54.6 Å². The first kappa shape index (κ1) is 15.8. The topological polar surface area (TPSA) is 49.8 Å². The number of nitrogens with zero attached hydrogens (tertiary/aromatic N) is 2. The number of benzene rings is 2. The van der Waals surface area contributed by atoms with Crippen LogP contribution in [0.4, 0.5) is 17.3 Å². The van der Waals surface area contributed by atoms with Gasteiger partial charge in [-0.15, -0.1) is 0 Å². The average Bonchev–Trinajstić information content (AvgIpc) is 2.57. The molecule has 0 aliphatic heterocycles. The molecule has 0 fully saturated rings. The smallest absolute Gasteiger partial charge is 0.135 e. The summed E-state index contributed by atoms with van der Waals surface area (Å²) in [6.07, 6.45) is 1.52. The number of hydrogen-bond acceptors (Lipinski definition) is 4. The fourth-order valence-corrected chi connectivity index (χ4v) is 2.64. The van der Waals surface area contributed by atoms with Gasteiger partial charge in [0.1, 0.15) is 18.0 Å². The van der Waals surface area contributed by atoms with E-state index in [-0.39, 0.29) is 0 Å². The summed E-state index contributed by atoms with van der Waals surface area (Å²) < 4.78 is 0.976. The van der Waals surface area contributed by atoms with Gasteiger partial charge in [0.15, 0.2) is 0 Å². The van der Waals surface area contributed by atoms with Crippen LogP contribution in [0.5, 0.6) is 0 Å². The highest BCUT2D eigenvalue weighted by Crippen LogP contribution is 2.25. The fraction of sp³-hybridized carbons (Fsp3) is 0.0588. The van der Waals surface area contributed by atoms with Crippen molar-refractivity contribution in [1.82, 2.24) is 9.97 Å². The first-order valence-corrected chi connectivity index (χ1v) is 8.20. The van der Waals surface area contributed by atoms with E-state index in [9.17, 15) is 0 Å². The van der Waals surface area contributed by atoms with Gasteiger partial charge in [0.05, 0.1) is 5.69 Å². The molecule has 0 saturated heterocycles. The molecule has 0 unspecified atom stereocenters. The fourth-order valence-electron chi connectivity index (χ4n) is 2.05. The molecular formula is C17H14BrClN4. The highest BCUT2D eigenvalue weighted by Gasteiger charge is 2.03. The lowest BCUT2D eigenvalue weighted by Gasteiger charge is -2.10. The Morgan fingerprint density at radius 2 is 1.70 bits per heavy atom. The summed E-state index contributed by atoms with van der Waals surface area (Å²) >= 11 is 9.66. The molecule has 4 nitrogen and oxygen atoms in total. The zero-order chi connectivity index (χ0) is 16.1. The highest BCUT2D eigenvalue weighted by molar-refractivity contribution is 9.10. The number of rotatable bonds is 5. The van der Waals surface area contributed by atoms with E-state index < -0.39 is 0 Å². The van der Waals surface area contributed by atoms with Crippen LogP contribution in [0.2, 0.25) is 5.02 Å². The Morgan fingerprint density at radius 1 is 0.957 bits per heavy atom. The van der Waals surface area contributed by atoms with E-state index in [0.717, 1.165) is 26.6 Å². The van der Waals surface area contributed by atoms with Crippen molar-refractivity contribution in [3.63, 3.8) is 0 Å². The molecule has 0 atom stereocenters. The van der Waals surface area contributed by atoms with Gasteiger partial charge in [-0.05, 0) is 39.7 Å². The summed E-state index contributed by atoms with van der Waals surface area (Å²) in [4.78, 5) is 8.47. The molecule has 0 radical (unpaired) electrons. The van der Waals surface area contributed by atoms with Crippen LogP contribution in [0.3, 0.4) is 0 Å². The van der Waals surface area contributed by atoms with Crippen molar-refractivity contribution in [1.29, 1.82) is 0 Å². The second-order valence-electron chi connectivity index (χ2n) is 4.84. The molecule has 0 aliphatic carbocycles. The Morgan fingerprint density at radius 3 is 2.52 bits per heavy atom. The minimum atomic E-state index is 0.602. The van der Waals surface area contributed by atoms with E-state index >= 15 is 0 Å². The highest BCUT2D eigenvalue weighted by atomic mass is 79.9. The predicted molar refractivity (Wildman–Crippen MR) is 98.2 cm³/mol. The maximum absolute atomic E-state index is 6.16. The zero-order valence-corrected chi connectivity index (χ0v) is 14.5. The maximum Gasteiger partial charge on any atom is 0.135 e. The standard InChI is InChI=1S/C17H14BrClN4/c18-13-6-2-4-8-15(13)23-17-9-16(21-11-22-17)20-10-12-5-1-3-7-14(12)19/h1-9,11H,10H2,(H2,20,21,22,23). The third kappa shape index (κ3) is 4.21. The third-order valence-corrected chi connectivity index (χ3v) is 4.28. The molecule has 0 bridgehead atoms. The van der Waals surface area contributed by atoms with E-state index in [2.05, 4.69) is 36.5 Å². The number of para-hydroxylation sites is 1. The summed E-state index contributed by atoms with van der Waals surface area (Å²) in [5, 5.41) is 7.25. The summed E-state index contributed by atoms with van der Waals surface area (Å²) in [6, 6.07) is 17.5. The van der Waals surface area contributed by atoms with Gasteiger partial charge < -0.3 is 10.6 Å². The van der Waals surface area contributed by atoms with Gasteiger partial charge >= 0.3 is 0 Å². The minimum Gasteiger partial charge on any atom is -0.366 e. The Labute approximate surface area is 148 Å². The molecule has 2 N–H and O–H groups in total. The number of anilines is 3. The van der Waals surface area contributed by atoms with Gasteiger partial charge in [0, 0.05) is 22.1 Å². The predicted octanol–water partition coefficient (Wildman–Crippen LogP) is 5.25. The SMILES string of the molecule is Clc1ccccc1CNc1cc(Nc2ccccc2Br)ncn1. The van der Waals surface area contributed by atoms with Crippen molar-refractivity contribution in [3.8, 4) is 0 Å². The van der Waals surface area contributed by atoms with E-state index in [1.54, 1.807) is 0 Å². The van der Waals surface area contributed by atoms with Crippen LogP contribution in [0, 0.1) is 0 Å². The lowest BCUT2D eigenvalue weighted by atomic mass is 10.2. The van der Waals surface area contributed by atoms with Crippen LogP contribution < -0.4 is 10.6 Å². The van der Waals surface area contributed by atoms with Crippen LogP contribution >= 0.6 is 27.5 Å². The Hall–Kier alpha value is -2.11. The molecule has 0 amide bonds.